The van der Waals surface area contributed by atoms with Crippen molar-refractivity contribution in [2.45, 2.75) is 33.1 Å². The van der Waals surface area contributed by atoms with E-state index in [0.717, 1.165) is 12.8 Å². The van der Waals surface area contributed by atoms with E-state index in [1.54, 1.807) is 0 Å². The van der Waals surface area contributed by atoms with Crippen LogP contribution in [0.3, 0.4) is 0 Å². The molecule has 0 atom stereocenters. The van der Waals surface area contributed by atoms with Crippen LogP contribution in [-0.2, 0) is 12.8 Å². The van der Waals surface area contributed by atoms with Crippen LogP contribution in [-0.4, -0.2) is 4.98 Å². The zero-order chi connectivity index (χ0) is 9.97. The molecular weight excluding hydrogens is 170 g/mol. The summed E-state index contributed by atoms with van der Waals surface area (Å²) < 4.78 is 0. The Morgan fingerprint density at radius 1 is 1.14 bits per heavy atom. The van der Waals surface area contributed by atoms with Gasteiger partial charge in [-0.15, -0.1) is 0 Å². The standard InChI is InChI=1S/C13H17N/c1-3-7-12-10(4-2)11-8-5-6-9-13(11)14-12/h5-6,8-9,14H,3-4,7H2,1-2H3. The number of benzene rings is 1. The van der Waals surface area contributed by atoms with Gasteiger partial charge in [0.2, 0.25) is 0 Å². The Balaban J connectivity index is 2.60. The molecule has 0 aliphatic heterocycles. The highest BCUT2D eigenvalue weighted by Crippen LogP contribution is 2.23. The van der Waals surface area contributed by atoms with Gasteiger partial charge < -0.3 is 4.98 Å². The third-order valence-electron chi connectivity index (χ3n) is 2.76. The van der Waals surface area contributed by atoms with Gasteiger partial charge in [0, 0.05) is 16.6 Å². The summed E-state index contributed by atoms with van der Waals surface area (Å²) in [7, 11) is 0. The molecule has 2 aromatic rings. The van der Waals surface area contributed by atoms with Crippen LogP contribution in [0.15, 0.2) is 24.3 Å². The maximum Gasteiger partial charge on any atom is 0.0458 e. The number of para-hydroxylation sites is 1. The van der Waals surface area contributed by atoms with E-state index in [4.69, 9.17) is 0 Å². The number of aromatic nitrogens is 1. The zero-order valence-corrected chi connectivity index (χ0v) is 8.93. The molecule has 1 aromatic carbocycles. The Morgan fingerprint density at radius 2 is 1.93 bits per heavy atom. The first-order chi connectivity index (χ1) is 6.86. The average molecular weight is 187 g/mol. The molecule has 0 aliphatic rings. The van der Waals surface area contributed by atoms with Gasteiger partial charge in [0.15, 0.2) is 0 Å². The molecule has 1 nitrogen and oxygen atoms in total. The van der Waals surface area contributed by atoms with Crippen molar-refractivity contribution in [2.75, 3.05) is 0 Å². The molecule has 1 heteroatoms. The van der Waals surface area contributed by atoms with Crippen LogP contribution in [0.1, 0.15) is 31.5 Å². The lowest BCUT2D eigenvalue weighted by Gasteiger charge is -1.98. The number of rotatable bonds is 3. The van der Waals surface area contributed by atoms with Crippen molar-refractivity contribution in [1.82, 2.24) is 4.98 Å². The van der Waals surface area contributed by atoms with Gasteiger partial charge in [0.25, 0.3) is 0 Å². The molecule has 0 spiro atoms. The van der Waals surface area contributed by atoms with Crippen LogP contribution in [0.4, 0.5) is 0 Å². The Labute approximate surface area is 85.1 Å². The fraction of sp³-hybridized carbons (Fsp3) is 0.385. The van der Waals surface area contributed by atoms with Crippen molar-refractivity contribution in [2.24, 2.45) is 0 Å². The van der Waals surface area contributed by atoms with Gasteiger partial charge >= 0.3 is 0 Å². The SMILES string of the molecule is CCCc1[nH]c2ccccc2c1CC. The molecular formula is C13H17N. The number of nitrogens with one attached hydrogen (secondary N) is 1. The second kappa shape index (κ2) is 3.87. The fourth-order valence-electron chi connectivity index (χ4n) is 2.12. The van der Waals surface area contributed by atoms with E-state index in [1.165, 1.54) is 28.6 Å². The molecule has 0 saturated carbocycles. The van der Waals surface area contributed by atoms with Crippen molar-refractivity contribution < 1.29 is 0 Å². The molecule has 0 radical (unpaired) electrons. The summed E-state index contributed by atoms with van der Waals surface area (Å²) in [4.78, 5) is 3.52. The van der Waals surface area contributed by atoms with Gasteiger partial charge in [-0.3, -0.25) is 0 Å². The van der Waals surface area contributed by atoms with E-state index >= 15 is 0 Å². The molecule has 0 unspecified atom stereocenters. The van der Waals surface area contributed by atoms with Crippen molar-refractivity contribution in [3.8, 4) is 0 Å². The van der Waals surface area contributed by atoms with Gasteiger partial charge in [-0.05, 0) is 24.5 Å². The summed E-state index contributed by atoms with van der Waals surface area (Å²) in [6, 6.07) is 8.58. The number of fused-ring (bicyclic) bond motifs is 1. The normalized spacial score (nSPS) is 11.0. The smallest absolute Gasteiger partial charge is 0.0458 e. The first-order valence-corrected chi connectivity index (χ1v) is 5.45. The van der Waals surface area contributed by atoms with Crippen molar-refractivity contribution in [3.63, 3.8) is 0 Å². The number of aryl methyl sites for hydroxylation is 2. The second-order valence-corrected chi connectivity index (χ2v) is 3.73. The molecule has 0 amide bonds. The van der Waals surface area contributed by atoms with Gasteiger partial charge in [0.05, 0.1) is 0 Å². The third kappa shape index (κ3) is 1.43. The number of H-pyrrole nitrogens is 1. The first-order valence-electron chi connectivity index (χ1n) is 5.45. The molecule has 0 saturated heterocycles. The molecule has 0 bridgehead atoms. The molecule has 74 valence electrons. The molecule has 1 N–H and O–H groups in total. The van der Waals surface area contributed by atoms with E-state index in [1.807, 2.05) is 0 Å². The Hall–Kier alpha value is -1.24. The predicted molar refractivity (Wildman–Crippen MR) is 61.7 cm³/mol. The highest BCUT2D eigenvalue weighted by atomic mass is 14.7. The highest BCUT2D eigenvalue weighted by molar-refractivity contribution is 5.84. The summed E-state index contributed by atoms with van der Waals surface area (Å²) in [5, 5.41) is 1.40. The van der Waals surface area contributed by atoms with Crippen LogP contribution in [0.5, 0.6) is 0 Å². The van der Waals surface area contributed by atoms with Crippen molar-refractivity contribution >= 4 is 10.9 Å². The average Bonchev–Trinajstić information content (AvgIpc) is 2.55. The number of hydrogen-bond donors (Lipinski definition) is 1. The van der Waals surface area contributed by atoms with Crippen LogP contribution in [0.25, 0.3) is 10.9 Å². The summed E-state index contributed by atoms with van der Waals surface area (Å²) in [5.74, 6) is 0. The van der Waals surface area contributed by atoms with Crippen LogP contribution >= 0.6 is 0 Å². The van der Waals surface area contributed by atoms with Gasteiger partial charge in [-0.2, -0.15) is 0 Å². The van der Waals surface area contributed by atoms with Gasteiger partial charge in [-0.1, -0.05) is 38.5 Å². The Kier molecular flexibility index (Phi) is 2.58. The Morgan fingerprint density at radius 3 is 2.64 bits per heavy atom. The lowest BCUT2D eigenvalue weighted by atomic mass is 10.1. The maximum atomic E-state index is 3.52. The lowest BCUT2D eigenvalue weighted by molar-refractivity contribution is 0.877. The fourth-order valence-corrected chi connectivity index (χ4v) is 2.12. The minimum absolute atomic E-state index is 1.12. The van der Waals surface area contributed by atoms with Crippen LogP contribution in [0, 0.1) is 0 Å². The van der Waals surface area contributed by atoms with Crippen molar-refractivity contribution in [3.05, 3.63) is 35.5 Å². The largest absolute Gasteiger partial charge is 0.358 e. The van der Waals surface area contributed by atoms with E-state index in [2.05, 4.69) is 43.1 Å². The topological polar surface area (TPSA) is 15.8 Å². The van der Waals surface area contributed by atoms with Crippen LogP contribution < -0.4 is 0 Å². The summed E-state index contributed by atoms with van der Waals surface area (Å²) in [5.41, 5.74) is 4.21. The monoisotopic (exact) mass is 187 g/mol. The zero-order valence-electron chi connectivity index (χ0n) is 8.93. The summed E-state index contributed by atoms with van der Waals surface area (Å²) in [6.07, 6.45) is 3.50. The highest BCUT2D eigenvalue weighted by Gasteiger charge is 2.07. The minimum atomic E-state index is 1.12. The van der Waals surface area contributed by atoms with E-state index in [-0.39, 0.29) is 0 Å². The van der Waals surface area contributed by atoms with Crippen molar-refractivity contribution in [1.29, 1.82) is 0 Å². The third-order valence-corrected chi connectivity index (χ3v) is 2.76. The minimum Gasteiger partial charge on any atom is -0.358 e. The quantitative estimate of drug-likeness (QED) is 0.754. The number of hydrogen-bond acceptors (Lipinski definition) is 0. The van der Waals surface area contributed by atoms with Crippen LogP contribution in [0.2, 0.25) is 0 Å². The van der Waals surface area contributed by atoms with Gasteiger partial charge in [0.1, 0.15) is 0 Å². The molecule has 1 aromatic heterocycles. The second-order valence-electron chi connectivity index (χ2n) is 3.73. The first kappa shape index (κ1) is 9.32. The summed E-state index contributed by atoms with van der Waals surface area (Å²) >= 11 is 0. The van der Waals surface area contributed by atoms with E-state index in [9.17, 15) is 0 Å². The molecule has 2 rings (SSSR count). The predicted octanol–water partition coefficient (Wildman–Crippen LogP) is 3.68. The van der Waals surface area contributed by atoms with Gasteiger partial charge in [-0.25, -0.2) is 0 Å². The molecule has 0 aliphatic carbocycles. The van der Waals surface area contributed by atoms with E-state index in [0.29, 0.717) is 0 Å². The summed E-state index contributed by atoms with van der Waals surface area (Å²) in [6.45, 7) is 4.46. The lowest BCUT2D eigenvalue weighted by Crippen LogP contribution is -1.88. The molecule has 14 heavy (non-hydrogen) atoms. The maximum absolute atomic E-state index is 3.52. The number of aromatic amines is 1. The van der Waals surface area contributed by atoms with E-state index < -0.39 is 0 Å². The molecule has 1 heterocycles. The molecule has 0 fully saturated rings. The Bertz CT molecular complexity index is 426.